The largest absolute Gasteiger partial charge is 0.378 e. The summed E-state index contributed by atoms with van der Waals surface area (Å²) in [5.74, 6) is 0.564. The average Bonchev–Trinajstić information content (AvgIpc) is 2.89. The van der Waals surface area contributed by atoms with Gasteiger partial charge in [0.15, 0.2) is 11.4 Å². The fourth-order valence-electron chi connectivity index (χ4n) is 2.78. The van der Waals surface area contributed by atoms with Gasteiger partial charge in [0, 0.05) is 19.3 Å². The van der Waals surface area contributed by atoms with E-state index in [9.17, 15) is 4.79 Å². The fourth-order valence-corrected chi connectivity index (χ4v) is 3.68. The first-order valence-electron chi connectivity index (χ1n) is 7.02. The van der Waals surface area contributed by atoms with E-state index in [-0.39, 0.29) is 0 Å². The van der Waals surface area contributed by atoms with E-state index in [2.05, 4.69) is 35.0 Å². The zero-order chi connectivity index (χ0) is 14.8. The van der Waals surface area contributed by atoms with Crippen LogP contribution in [0.2, 0.25) is 0 Å². The standard InChI is InChI=1S/C16H18N2O2S/c1-11-7-12-5-3-4-6-14(12)18(8-11)16-17-13(10-20-2)15(9-19)21-16/h3-6,9,11H,7-8,10H2,1-2H3. The van der Waals surface area contributed by atoms with Crippen LogP contribution in [0.3, 0.4) is 0 Å². The van der Waals surface area contributed by atoms with Gasteiger partial charge in [-0.15, -0.1) is 0 Å². The molecule has 1 aromatic heterocycles. The third-order valence-corrected chi connectivity index (χ3v) is 4.73. The third-order valence-electron chi connectivity index (χ3n) is 3.68. The highest BCUT2D eigenvalue weighted by Crippen LogP contribution is 2.37. The highest BCUT2D eigenvalue weighted by atomic mass is 32.1. The molecule has 0 radical (unpaired) electrons. The van der Waals surface area contributed by atoms with Crippen molar-refractivity contribution in [1.29, 1.82) is 0 Å². The van der Waals surface area contributed by atoms with Gasteiger partial charge in [-0.05, 0) is 24.0 Å². The number of carbonyl (C=O) groups is 1. The summed E-state index contributed by atoms with van der Waals surface area (Å²) in [7, 11) is 1.62. The van der Waals surface area contributed by atoms with Gasteiger partial charge in [-0.25, -0.2) is 4.98 Å². The quantitative estimate of drug-likeness (QED) is 0.812. The van der Waals surface area contributed by atoms with Crippen molar-refractivity contribution in [3.8, 4) is 0 Å². The Kier molecular flexibility index (Phi) is 4.03. The summed E-state index contributed by atoms with van der Waals surface area (Å²) in [4.78, 5) is 18.7. The van der Waals surface area contributed by atoms with E-state index in [0.717, 1.165) is 30.1 Å². The third kappa shape index (κ3) is 2.71. The van der Waals surface area contributed by atoms with Crippen molar-refractivity contribution < 1.29 is 9.53 Å². The molecule has 3 rings (SSSR count). The SMILES string of the molecule is COCc1nc(N2CC(C)Cc3ccccc32)sc1C=O. The molecule has 0 aliphatic carbocycles. The molecule has 1 aliphatic rings. The van der Waals surface area contributed by atoms with Gasteiger partial charge in [-0.3, -0.25) is 4.79 Å². The van der Waals surface area contributed by atoms with Crippen molar-refractivity contribution in [1.82, 2.24) is 4.98 Å². The molecular weight excluding hydrogens is 284 g/mol. The van der Waals surface area contributed by atoms with Crippen molar-refractivity contribution in [3.63, 3.8) is 0 Å². The second-order valence-electron chi connectivity index (χ2n) is 5.41. The van der Waals surface area contributed by atoms with Crippen molar-refractivity contribution >= 4 is 28.4 Å². The number of thiazole rings is 1. The van der Waals surface area contributed by atoms with Gasteiger partial charge < -0.3 is 9.64 Å². The number of carbonyl (C=O) groups excluding carboxylic acids is 1. The Hall–Kier alpha value is -1.72. The molecule has 0 fully saturated rings. The lowest BCUT2D eigenvalue weighted by Gasteiger charge is -2.32. The Morgan fingerprint density at radius 3 is 3.05 bits per heavy atom. The van der Waals surface area contributed by atoms with Gasteiger partial charge in [0.1, 0.15) is 0 Å². The minimum atomic E-state index is 0.371. The van der Waals surface area contributed by atoms with Crippen molar-refractivity contribution in [2.45, 2.75) is 20.0 Å². The molecule has 1 aliphatic heterocycles. The van der Waals surface area contributed by atoms with Crippen LogP contribution in [0, 0.1) is 5.92 Å². The van der Waals surface area contributed by atoms with E-state index in [1.54, 1.807) is 7.11 Å². The first-order valence-corrected chi connectivity index (χ1v) is 7.84. The Bertz CT molecular complexity index is 653. The molecule has 4 nitrogen and oxygen atoms in total. The van der Waals surface area contributed by atoms with E-state index in [1.165, 1.54) is 22.6 Å². The Morgan fingerprint density at radius 2 is 2.29 bits per heavy atom. The van der Waals surface area contributed by atoms with Crippen molar-refractivity contribution in [3.05, 3.63) is 40.4 Å². The van der Waals surface area contributed by atoms with Gasteiger partial charge in [0.05, 0.1) is 17.2 Å². The van der Waals surface area contributed by atoms with Crippen LogP contribution < -0.4 is 4.90 Å². The number of hydrogen-bond acceptors (Lipinski definition) is 5. The van der Waals surface area contributed by atoms with E-state index < -0.39 is 0 Å². The van der Waals surface area contributed by atoms with Crippen LogP contribution >= 0.6 is 11.3 Å². The molecule has 1 aromatic carbocycles. The fraction of sp³-hybridized carbons (Fsp3) is 0.375. The maximum absolute atomic E-state index is 11.2. The average molecular weight is 302 g/mol. The molecule has 0 bridgehead atoms. The normalized spacial score (nSPS) is 17.6. The smallest absolute Gasteiger partial charge is 0.190 e. The number of para-hydroxylation sites is 1. The molecule has 0 saturated carbocycles. The zero-order valence-electron chi connectivity index (χ0n) is 12.2. The van der Waals surface area contributed by atoms with Crippen LogP contribution in [-0.4, -0.2) is 24.9 Å². The lowest BCUT2D eigenvalue weighted by molar-refractivity contribution is 0.112. The predicted octanol–water partition coefficient (Wildman–Crippen LogP) is 3.43. The number of fused-ring (bicyclic) bond motifs is 1. The molecule has 5 heteroatoms. The summed E-state index contributed by atoms with van der Waals surface area (Å²) in [5.41, 5.74) is 3.27. The number of methoxy groups -OCH3 is 1. The number of aromatic nitrogens is 1. The van der Waals surface area contributed by atoms with E-state index in [1.807, 2.05) is 6.07 Å². The van der Waals surface area contributed by atoms with Crippen molar-refractivity contribution in [2.24, 2.45) is 5.92 Å². The minimum absolute atomic E-state index is 0.371. The monoisotopic (exact) mass is 302 g/mol. The molecule has 1 unspecified atom stereocenters. The molecule has 0 N–H and O–H groups in total. The van der Waals surface area contributed by atoms with Gasteiger partial charge in [-0.2, -0.15) is 0 Å². The lowest BCUT2D eigenvalue weighted by Crippen LogP contribution is -2.30. The topological polar surface area (TPSA) is 42.4 Å². The Morgan fingerprint density at radius 1 is 1.48 bits per heavy atom. The Balaban J connectivity index is 2.02. The predicted molar refractivity (Wildman–Crippen MR) is 84.5 cm³/mol. The number of hydrogen-bond donors (Lipinski definition) is 0. The number of benzene rings is 1. The van der Waals surface area contributed by atoms with Crippen LogP contribution in [-0.2, 0) is 17.8 Å². The maximum Gasteiger partial charge on any atom is 0.190 e. The highest BCUT2D eigenvalue weighted by molar-refractivity contribution is 7.17. The number of nitrogens with zero attached hydrogens (tertiary/aromatic N) is 2. The van der Waals surface area contributed by atoms with E-state index in [4.69, 9.17) is 4.74 Å². The van der Waals surface area contributed by atoms with E-state index in [0.29, 0.717) is 17.4 Å². The van der Waals surface area contributed by atoms with Gasteiger partial charge in [-0.1, -0.05) is 36.5 Å². The molecule has 2 aromatic rings. The molecule has 0 spiro atoms. The number of ether oxygens (including phenoxy) is 1. The number of anilines is 2. The first kappa shape index (κ1) is 14.2. The molecule has 0 amide bonds. The molecular formula is C16H18N2O2S. The summed E-state index contributed by atoms with van der Waals surface area (Å²) < 4.78 is 5.13. The first-order chi connectivity index (χ1) is 10.2. The maximum atomic E-state index is 11.2. The second kappa shape index (κ2) is 5.95. The molecule has 21 heavy (non-hydrogen) atoms. The second-order valence-corrected chi connectivity index (χ2v) is 6.42. The molecule has 110 valence electrons. The summed E-state index contributed by atoms with van der Waals surface area (Å²) >= 11 is 1.44. The zero-order valence-corrected chi connectivity index (χ0v) is 13.0. The molecule has 0 saturated heterocycles. The van der Waals surface area contributed by atoms with Gasteiger partial charge >= 0.3 is 0 Å². The van der Waals surface area contributed by atoms with E-state index >= 15 is 0 Å². The van der Waals surface area contributed by atoms with Crippen LogP contribution in [0.5, 0.6) is 0 Å². The summed E-state index contributed by atoms with van der Waals surface area (Å²) in [6.45, 7) is 3.54. The van der Waals surface area contributed by atoms with Crippen molar-refractivity contribution in [2.75, 3.05) is 18.6 Å². The number of aldehydes is 1. The minimum Gasteiger partial charge on any atom is -0.378 e. The van der Waals surface area contributed by atoms with Gasteiger partial charge in [0.25, 0.3) is 0 Å². The Labute approximate surface area is 128 Å². The van der Waals surface area contributed by atoms with Crippen LogP contribution in [0.1, 0.15) is 27.9 Å². The summed E-state index contributed by atoms with van der Waals surface area (Å²) in [5, 5.41) is 0.878. The molecule has 2 heterocycles. The van der Waals surface area contributed by atoms with Crippen LogP contribution in [0.4, 0.5) is 10.8 Å². The number of rotatable bonds is 4. The van der Waals surface area contributed by atoms with Crippen LogP contribution in [0.25, 0.3) is 0 Å². The summed E-state index contributed by atoms with van der Waals surface area (Å²) in [6, 6.07) is 8.41. The molecule has 1 atom stereocenters. The van der Waals surface area contributed by atoms with Crippen LogP contribution in [0.15, 0.2) is 24.3 Å². The van der Waals surface area contributed by atoms with Gasteiger partial charge in [0.2, 0.25) is 0 Å². The lowest BCUT2D eigenvalue weighted by atomic mass is 9.94. The highest BCUT2D eigenvalue weighted by Gasteiger charge is 2.25. The summed E-state index contributed by atoms with van der Waals surface area (Å²) in [6.07, 6.45) is 1.96.